The highest BCUT2D eigenvalue weighted by molar-refractivity contribution is 5.83. The predicted molar refractivity (Wildman–Crippen MR) is 166 cm³/mol. The second-order valence-corrected chi connectivity index (χ2v) is 11.9. The molecular weight excluding hydrogens is 444 g/mol. The fourth-order valence-electron chi connectivity index (χ4n) is 6.65. The summed E-state index contributed by atoms with van der Waals surface area (Å²) < 4.78 is 0. The van der Waals surface area contributed by atoms with Gasteiger partial charge in [0.05, 0.1) is 0 Å². The van der Waals surface area contributed by atoms with Crippen molar-refractivity contribution in [1.29, 1.82) is 0 Å². The van der Waals surface area contributed by atoms with E-state index in [0.29, 0.717) is 0 Å². The van der Waals surface area contributed by atoms with E-state index in [1.54, 1.807) is 44.5 Å². The van der Waals surface area contributed by atoms with Gasteiger partial charge in [0.1, 0.15) is 0 Å². The Kier molecular flexibility index (Phi) is 13.9. The Morgan fingerprint density at radius 1 is 0.459 bits per heavy atom. The van der Waals surface area contributed by atoms with Crippen LogP contribution in [0.25, 0.3) is 11.1 Å². The lowest BCUT2D eigenvalue weighted by molar-refractivity contribution is 0.639. The van der Waals surface area contributed by atoms with E-state index < -0.39 is 0 Å². The van der Waals surface area contributed by atoms with Gasteiger partial charge in [0.25, 0.3) is 0 Å². The Morgan fingerprint density at radius 3 is 1.54 bits per heavy atom. The standard InChI is InChI=1S/C37H58/c1-5-9-13-17-22-30-24-21-25-32-29-33-28-31(23-18-14-10-6-2)34(26-19-15-11-7-3)35(37(33)36(30)32)27-20-16-12-8-4/h21,24-25,28H,5-20,22-23,26-27,29H2,1-4H3. The number of fused-ring (bicyclic) bond motifs is 3. The first-order chi connectivity index (χ1) is 18.2. The topological polar surface area (TPSA) is 0 Å². The van der Waals surface area contributed by atoms with Gasteiger partial charge in [-0.05, 0) is 102 Å². The molecule has 0 nitrogen and oxygen atoms in total. The molecule has 206 valence electrons. The number of aryl methyl sites for hydroxylation is 2. The first-order valence-electron chi connectivity index (χ1n) is 16.5. The van der Waals surface area contributed by atoms with Crippen molar-refractivity contribution in [3.63, 3.8) is 0 Å². The number of hydrogen-bond acceptors (Lipinski definition) is 0. The maximum absolute atomic E-state index is 2.69. The van der Waals surface area contributed by atoms with Crippen molar-refractivity contribution in [1.82, 2.24) is 0 Å². The minimum atomic E-state index is 1.16. The van der Waals surface area contributed by atoms with Crippen molar-refractivity contribution in [3.8, 4) is 11.1 Å². The van der Waals surface area contributed by atoms with Crippen molar-refractivity contribution in [2.45, 2.75) is 163 Å². The largest absolute Gasteiger partial charge is 0.0654 e. The zero-order valence-electron chi connectivity index (χ0n) is 25.2. The summed E-state index contributed by atoms with van der Waals surface area (Å²) in [6.07, 6.45) is 28.0. The fourth-order valence-corrected chi connectivity index (χ4v) is 6.65. The SMILES string of the molecule is CCCCCCc1cc2c(c(CCCCCC)c1CCCCCC)-c1c(CCCCCC)cccc1C2. The molecule has 0 fully saturated rings. The third kappa shape index (κ3) is 8.73. The summed E-state index contributed by atoms with van der Waals surface area (Å²) in [4.78, 5) is 0. The zero-order valence-corrected chi connectivity index (χ0v) is 25.2. The second kappa shape index (κ2) is 17.1. The summed E-state index contributed by atoms with van der Waals surface area (Å²) in [6.45, 7) is 9.34. The van der Waals surface area contributed by atoms with Gasteiger partial charge in [-0.2, -0.15) is 0 Å². The van der Waals surface area contributed by atoms with Crippen LogP contribution in [0.4, 0.5) is 0 Å². The van der Waals surface area contributed by atoms with Crippen LogP contribution >= 0.6 is 0 Å². The molecule has 0 spiro atoms. The maximum atomic E-state index is 2.69. The fraction of sp³-hybridized carbons (Fsp3) is 0.676. The van der Waals surface area contributed by atoms with Crippen molar-refractivity contribution in [2.24, 2.45) is 0 Å². The molecule has 0 heteroatoms. The van der Waals surface area contributed by atoms with Crippen LogP contribution in [0.15, 0.2) is 24.3 Å². The molecule has 0 heterocycles. The quantitative estimate of drug-likeness (QED) is 0.135. The number of benzene rings is 2. The van der Waals surface area contributed by atoms with Gasteiger partial charge in [0.2, 0.25) is 0 Å². The summed E-state index contributed by atoms with van der Waals surface area (Å²) in [5.41, 5.74) is 13.5. The molecular formula is C37H58. The van der Waals surface area contributed by atoms with Crippen LogP contribution in [0.5, 0.6) is 0 Å². The normalized spacial score (nSPS) is 12.2. The molecule has 0 aromatic heterocycles. The third-order valence-electron chi connectivity index (χ3n) is 8.75. The van der Waals surface area contributed by atoms with E-state index in [9.17, 15) is 0 Å². The average molecular weight is 503 g/mol. The molecule has 2 aromatic carbocycles. The van der Waals surface area contributed by atoms with Crippen molar-refractivity contribution in [2.75, 3.05) is 0 Å². The number of unbranched alkanes of at least 4 members (excludes halogenated alkanes) is 12. The van der Waals surface area contributed by atoms with Crippen LogP contribution in [-0.2, 0) is 32.1 Å². The molecule has 0 saturated heterocycles. The van der Waals surface area contributed by atoms with E-state index in [4.69, 9.17) is 0 Å². The minimum absolute atomic E-state index is 1.16. The monoisotopic (exact) mass is 502 g/mol. The first-order valence-corrected chi connectivity index (χ1v) is 16.5. The van der Waals surface area contributed by atoms with Gasteiger partial charge in [-0.15, -0.1) is 0 Å². The minimum Gasteiger partial charge on any atom is -0.0654 e. The van der Waals surface area contributed by atoms with Gasteiger partial charge in [-0.1, -0.05) is 129 Å². The molecule has 0 saturated carbocycles. The summed E-state index contributed by atoms with van der Waals surface area (Å²) >= 11 is 0. The van der Waals surface area contributed by atoms with Gasteiger partial charge in [-0.25, -0.2) is 0 Å². The van der Waals surface area contributed by atoms with Crippen LogP contribution in [0.3, 0.4) is 0 Å². The lowest BCUT2D eigenvalue weighted by Gasteiger charge is -2.22. The van der Waals surface area contributed by atoms with Crippen LogP contribution in [0, 0.1) is 0 Å². The number of rotatable bonds is 20. The van der Waals surface area contributed by atoms with E-state index >= 15 is 0 Å². The Morgan fingerprint density at radius 2 is 0.973 bits per heavy atom. The summed E-state index contributed by atoms with van der Waals surface area (Å²) in [5, 5.41) is 0. The van der Waals surface area contributed by atoms with E-state index in [1.807, 2.05) is 0 Å². The summed E-state index contributed by atoms with van der Waals surface area (Å²) in [5.74, 6) is 0. The van der Waals surface area contributed by atoms with E-state index in [2.05, 4.69) is 52.0 Å². The van der Waals surface area contributed by atoms with Crippen LogP contribution < -0.4 is 0 Å². The molecule has 2 aromatic rings. The van der Waals surface area contributed by atoms with E-state index in [1.165, 1.54) is 128 Å². The van der Waals surface area contributed by atoms with Crippen LogP contribution in [0.2, 0.25) is 0 Å². The molecule has 1 aliphatic rings. The molecule has 1 aliphatic carbocycles. The summed E-state index contributed by atoms with van der Waals surface area (Å²) in [7, 11) is 0. The third-order valence-corrected chi connectivity index (χ3v) is 8.75. The lowest BCUT2D eigenvalue weighted by Crippen LogP contribution is -2.06. The Labute approximate surface area is 231 Å². The van der Waals surface area contributed by atoms with Crippen LogP contribution in [0.1, 0.15) is 164 Å². The van der Waals surface area contributed by atoms with Gasteiger partial charge in [0.15, 0.2) is 0 Å². The van der Waals surface area contributed by atoms with Crippen LogP contribution in [-0.4, -0.2) is 0 Å². The van der Waals surface area contributed by atoms with Gasteiger partial charge in [0, 0.05) is 0 Å². The van der Waals surface area contributed by atoms with Crippen molar-refractivity contribution in [3.05, 3.63) is 57.6 Å². The summed E-state index contributed by atoms with van der Waals surface area (Å²) in [6, 6.07) is 9.93. The smallest absolute Gasteiger partial charge is 0.00131 e. The maximum Gasteiger partial charge on any atom is -0.00131 e. The molecule has 0 radical (unpaired) electrons. The first kappa shape index (κ1) is 30.0. The molecule has 37 heavy (non-hydrogen) atoms. The predicted octanol–water partition coefficient (Wildman–Crippen LogP) is 11.7. The highest BCUT2D eigenvalue weighted by atomic mass is 14.3. The van der Waals surface area contributed by atoms with E-state index in [0.717, 1.165) is 6.42 Å². The average Bonchev–Trinajstić information content (AvgIpc) is 3.29. The van der Waals surface area contributed by atoms with E-state index in [-0.39, 0.29) is 0 Å². The Balaban J connectivity index is 2.01. The highest BCUT2D eigenvalue weighted by Gasteiger charge is 2.27. The lowest BCUT2D eigenvalue weighted by atomic mass is 9.83. The Hall–Kier alpha value is -1.56. The molecule has 0 amide bonds. The van der Waals surface area contributed by atoms with Gasteiger partial charge >= 0.3 is 0 Å². The Bertz CT molecular complexity index is 918. The molecule has 0 unspecified atom stereocenters. The molecule has 0 aliphatic heterocycles. The molecule has 0 atom stereocenters. The second-order valence-electron chi connectivity index (χ2n) is 11.9. The van der Waals surface area contributed by atoms with Gasteiger partial charge in [-0.3, -0.25) is 0 Å². The molecule has 0 bridgehead atoms. The van der Waals surface area contributed by atoms with Crippen molar-refractivity contribution < 1.29 is 0 Å². The highest BCUT2D eigenvalue weighted by Crippen LogP contribution is 2.45. The zero-order chi connectivity index (χ0) is 26.3. The number of hydrogen-bond donors (Lipinski definition) is 0. The van der Waals surface area contributed by atoms with Gasteiger partial charge < -0.3 is 0 Å². The molecule has 3 rings (SSSR count). The van der Waals surface area contributed by atoms with Crippen molar-refractivity contribution >= 4 is 0 Å². The molecule has 0 N–H and O–H groups in total.